The number of hydrogen-bond acceptors (Lipinski definition) is 4. The molecule has 3 aliphatic rings. The normalized spacial score (nSPS) is 31.6. The van der Waals surface area contributed by atoms with Gasteiger partial charge in [0.05, 0.1) is 6.34 Å². The molecule has 9 heteroatoms. The number of aliphatic imine (C=N–C) groups is 1. The summed E-state index contributed by atoms with van der Waals surface area (Å²) in [6.45, 7) is 5.76. The number of β-lactam (4-membered cyclic amide) rings is 1. The topological polar surface area (TPSA) is 105 Å². The van der Waals surface area contributed by atoms with Crippen molar-refractivity contribution in [2.75, 3.05) is 13.1 Å². The Morgan fingerprint density at radius 2 is 1.88 bits per heavy atom. The molecule has 3 aliphatic heterocycles. The summed E-state index contributed by atoms with van der Waals surface area (Å²) in [5.41, 5.74) is 0. The first kappa shape index (κ1) is 21.1. The molecule has 0 aromatic carbocycles. The summed E-state index contributed by atoms with van der Waals surface area (Å²) in [7, 11) is 0. The fraction of sp³-hybridized carbons (Fsp3) is 0.800. The van der Waals surface area contributed by atoms with E-state index < -0.39 is 22.8 Å². The van der Waals surface area contributed by atoms with Crippen LogP contribution in [0, 0.1) is 0 Å². The fourth-order valence-corrected chi connectivity index (χ4v) is 5.13. The van der Waals surface area contributed by atoms with Crippen LogP contribution in [-0.4, -0.2) is 73.9 Å². The predicted molar refractivity (Wildman–Crippen MR) is 96.9 cm³/mol. The minimum absolute atomic E-state index is 0. The molecule has 3 rings (SSSR count). The molecule has 24 heavy (non-hydrogen) atoms. The number of fused-ring (bicyclic) bond motifs is 1. The highest BCUT2D eigenvalue weighted by atomic mass is 35.5. The van der Waals surface area contributed by atoms with Crippen molar-refractivity contribution in [1.29, 1.82) is 0 Å². The molecule has 138 valence electrons. The highest BCUT2D eigenvalue weighted by molar-refractivity contribution is 8.01. The summed E-state index contributed by atoms with van der Waals surface area (Å²) < 4.78 is -0.473. The minimum Gasteiger partial charge on any atom is -0.480 e. The van der Waals surface area contributed by atoms with Crippen molar-refractivity contribution in [1.82, 2.24) is 9.80 Å². The zero-order chi connectivity index (χ0) is 15.9. The van der Waals surface area contributed by atoms with Gasteiger partial charge in [0.1, 0.15) is 11.4 Å². The number of carboxylic acids is 1. The van der Waals surface area contributed by atoms with Crippen LogP contribution in [0.25, 0.3) is 0 Å². The van der Waals surface area contributed by atoms with Gasteiger partial charge in [-0.25, -0.2) is 4.79 Å². The Kier molecular flexibility index (Phi) is 6.95. The molecule has 7 nitrogen and oxygen atoms in total. The molecule has 3 N–H and O–H groups in total. The summed E-state index contributed by atoms with van der Waals surface area (Å²) in [5.74, 6) is -1.08. The maximum absolute atomic E-state index is 12.3. The van der Waals surface area contributed by atoms with Crippen LogP contribution in [0.4, 0.5) is 0 Å². The lowest BCUT2D eigenvalue weighted by atomic mass is 9.96. The quantitative estimate of drug-likeness (QED) is 0.447. The van der Waals surface area contributed by atoms with Gasteiger partial charge in [-0.2, -0.15) is 0 Å². The first-order valence-corrected chi connectivity index (χ1v) is 8.80. The number of carbonyl (C=O) groups is 2. The maximum Gasteiger partial charge on any atom is 0.327 e. The Morgan fingerprint density at radius 3 is 2.42 bits per heavy atom. The number of rotatable bonds is 3. The first-order valence-electron chi connectivity index (χ1n) is 7.92. The number of amides is 1. The van der Waals surface area contributed by atoms with Crippen LogP contribution < -0.4 is 0 Å². The fourth-order valence-electron chi connectivity index (χ4n) is 3.51. The zero-order valence-corrected chi connectivity index (χ0v) is 15.6. The molecule has 0 aliphatic carbocycles. The van der Waals surface area contributed by atoms with Gasteiger partial charge in [-0.15, -0.1) is 24.2 Å². The monoisotopic (exact) mass is 379 g/mol. The third-order valence-electron chi connectivity index (χ3n) is 4.68. The van der Waals surface area contributed by atoms with E-state index >= 15 is 0 Å². The van der Waals surface area contributed by atoms with Crippen LogP contribution in [0.2, 0.25) is 0 Å². The van der Waals surface area contributed by atoms with E-state index in [2.05, 4.69) is 9.89 Å². The molecule has 0 aromatic rings. The van der Waals surface area contributed by atoms with Crippen molar-refractivity contribution in [3.63, 3.8) is 0 Å². The Bertz CT molecular complexity index is 509. The van der Waals surface area contributed by atoms with Crippen LogP contribution >= 0.6 is 24.2 Å². The number of halogens is 1. The number of thioether (sulfide) groups is 1. The molecular formula is C15H26ClN3O4S. The molecule has 0 aromatic heterocycles. The molecule has 0 radical (unpaired) electrons. The van der Waals surface area contributed by atoms with Crippen LogP contribution in [-0.2, 0) is 9.59 Å². The average molecular weight is 380 g/mol. The maximum atomic E-state index is 12.3. The van der Waals surface area contributed by atoms with Crippen molar-refractivity contribution in [3.05, 3.63) is 0 Å². The van der Waals surface area contributed by atoms with E-state index in [-0.39, 0.29) is 29.2 Å². The summed E-state index contributed by atoms with van der Waals surface area (Å²) in [6.07, 6.45) is 6.67. The molecule has 0 bridgehead atoms. The smallest absolute Gasteiger partial charge is 0.327 e. The van der Waals surface area contributed by atoms with Crippen LogP contribution in [0.5, 0.6) is 0 Å². The zero-order valence-electron chi connectivity index (χ0n) is 14.0. The lowest BCUT2D eigenvalue weighted by Gasteiger charge is -2.41. The Hall–Kier alpha value is -0.990. The van der Waals surface area contributed by atoms with Crippen molar-refractivity contribution < 1.29 is 20.2 Å². The molecule has 0 spiro atoms. The second-order valence-electron chi connectivity index (χ2n) is 6.76. The molecule has 3 atom stereocenters. The molecule has 1 amide bonds. The van der Waals surface area contributed by atoms with Gasteiger partial charge in [0.15, 0.2) is 6.04 Å². The van der Waals surface area contributed by atoms with Gasteiger partial charge in [0, 0.05) is 17.8 Å². The van der Waals surface area contributed by atoms with E-state index in [4.69, 9.17) is 0 Å². The minimum atomic E-state index is -0.928. The molecular weight excluding hydrogens is 354 g/mol. The Balaban J connectivity index is 0.00000144. The predicted octanol–water partition coefficient (Wildman–Crippen LogP) is 1.00. The van der Waals surface area contributed by atoms with Gasteiger partial charge >= 0.3 is 5.97 Å². The standard InChI is InChI=1S/C15H23N3O3S.ClH.H2O/c1-15(2)11(14(20)21)18-12(19)10(13(18)22-15)16-9-17-7-5-3-4-6-8-17;;/h9-11,13H,3-8H2,1-2H3,(H,20,21);1H;1H2/t10?,11-,13+;;/m0../s1. The highest BCUT2D eigenvalue weighted by Crippen LogP contribution is 2.51. The number of nitrogens with zero attached hydrogens (tertiary/aromatic N) is 3. The van der Waals surface area contributed by atoms with Crippen molar-refractivity contribution >= 4 is 42.4 Å². The van der Waals surface area contributed by atoms with E-state index in [9.17, 15) is 14.7 Å². The number of hydrogen-bond donors (Lipinski definition) is 1. The van der Waals surface area contributed by atoms with Crippen molar-refractivity contribution in [2.45, 2.75) is 61.7 Å². The van der Waals surface area contributed by atoms with Gasteiger partial charge in [0.25, 0.3) is 5.91 Å². The van der Waals surface area contributed by atoms with E-state index in [0.29, 0.717) is 0 Å². The molecule has 0 saturated carbocycles. The van der Waals surface area contributed by atoms with Gasteiger partial charge in [-0.1, -0.05) is 12.8 Å². The largest absolute Gasteiger partial charge is 0.480 e. The van der Waals surface area contributed by atoms with E-state index in [1.807, 2.05) is 20.2 Å². The summed E-state index contributed by atoms with van der Waals surface area (Å²) in [4.78, 5) is 31.9. The number of carbonyl (C=O) groups excluding carboxylic acids is 1. The third-order valence-corrected chi connectivity index (χ3v) is 6.24. The van der Waals surface area contributed by atoms with Crippen LogP contribution in [0.1, 0.15) is 39.5 Å². The molecule has 1 unspecified atom stereocenters. The van der Waals surface area contributed by atoms with Crippen molar-refractivity contribution in [2.24, 2.45) is 4.99 Å². The number of carboxylic acid groups (broad SMARTS) is 1. The first-order chi connectivity index (χ1) is 10.4. The van der Waals surface area contributed by atoms with Crippen LogP contribution in [0.15, 0.2) is 4.99 Å². The Labute approximate surface area is 152 Å². The molecule has 3 heterocycles. The van der Waals surface area contributed by atoms with E-state index in [1.165, 1.54) is 30.6 Å². The van der Waals surface area contributed by atoms with Gasteiger partial charge in [-0.3, -0.25) is 9.79 Å². The lowest BCUT2D eigenvalue weighted by Crippen LogP contribution is -2.65. The summed E-state index contributed by atoms with van der Waals surface area (Å²) in [5, 5.41) is 9.25. The summed E-state index contributed by atoms with van der Waals surface area (Å²) in [6, 6.07) is -1.17. The summed E-state index contributed by atoms with van der Waals surface area (Å²) >= 11 is 1.55. The number of aliphatic carboxylic acids is 1. The third kappa shape index (κ3) is 3.65. The lowest BCUT2D eigenvalue weighted by molar-refractivity contribution is -0.158. The van der Waals surface area contributed by atoms with Gasteiger partial charge < -0.3 is 20.4 Å². The second-order valence-corrected chi connectivity index (χ2v) is 8.53. The van der Waals surface area contributed by atoms with Crippen LogP contribution in [0.3, 0.4) is 0 Å². The highest BCUT2D eigenvalue weighted by Gasteiger charge is 2.63. The molecule has 3 fully saturated rings. The number of likely N-dealkylation sites (tertiary alicyclic amines) is 1. The average Bonchev–Trinajstić information content (AvgIpc) is 2.60. The molecule has 3 saturated heterocycles. The van der Waals surface area contributed by atoms with E-state index in [1.54, 1.807) is 11.8 Å². The second kappa shape index (κ2) is 7.93. The Morgan fingerprint density at radius 1 is 1.29 bits per heavy atom. The SMILES string of the molecule is CC1(C)S[C@@H]2C(N=CN3CCCCCC3)C(=O)N2[C@H]1C(=O)O.Cl.O. The van der Waals surface area contributed by atoms with Gasteiger partial charge in [0.2, 0.25) is 0 Å². The van der Waals surface area contributed by atoms with Crippen molar-refractivity contribution in [3.8, 4) is 0 Å². The van der Waals surface area contributed by atoms with Gasteiger partial charge in [-0.05, 0) is 26.7 Å². The van der Waals surface area contributed by atoms with E-state index in [0.717, 1.165) is 13.1 Å².